The van der Waals surface area contributed by atoms with Gasteiger partial charge in [0.2, 0.25) is 0 Å². The van der Waals surface area contributed by atoms with E-state index in [1.54, 1.807) is 23.5 Å². The second-order valence-corrected chi connectivity index (χ2v) is 7.56. The van der Waals surface area contributed by atoms with E-state index in [1.165, 1.54) is 10.4 Å². The number of benzene rings is 1. The van der Waals surface area contributed by atoms with Crippen LogP contribution >= 0.6 is 38.9 Å². The summed E-state index contributed by atoms with van der Waals surface area (Å²) in [5, 5.41) is 14.4. The number of thiophene rings is 1. The summed E-state index contributed by atoms with van der Waals surface area (Å²) in [5.74, 6) is 0. The average molecular weight is 388 g/mol. The summed E-state index contributed by atoms with van der Waals surface area (Å²) in [4.78, 5) is 11.9. The molecular formula is C14H12BrClN2O2S. The van der Waals surface area contributed by atoms with Crippen molar-refractivity contribution in [2.45, 2.75) is 25.3 Å². The average Bonchev–Trinajstić information content (AvgIpc) is 2.82. The molecule has 1 aliphatic carbocycles. The van der Waals surface area contributed by atoms with Crippen molar-refractivity contribution in [2.75, 3.05) is 5.32 Å². The molecular weight excluding hydrogens is 376 g/mol. The Morgan fingerprint density at radius 3 is 3.00 bits per heavy atom. The lowest BCUT2D eigenvalue weighted by molar-refractivity contribution is -0.385. The molecule has 0 bridgehead atoms. The number of nitro benzene ring substituents is 1. The van der Waals surface area contributed by atoms with E-state index in [0.717, 1.165) is 29.3 Å². The maximum Gasteiger partial charge on any atom is 0.285 e. The molecule has 1 N–H and O–H groups in total. The van der Waals surface area contributed by atoms with Gasteiger partial charge in [0.25, 0.3) is 5.69 Å². The van der Waals surface area contributed by atoms with Crippen LogP contribution in [0.3, 0.4) is 0 Å². The van der Waals surface area contributed by atoms with E-state index in [1.807, 2.05) is 12.1 Å². The van der Waals surface area contributed by atoms with Gasteiger partial charge >= 0.3 is 0 Å². The van der Waals surface area contributed by atoms with E-state index in [0.29, 0.717) is 4.47 Å². The van der Waals surface area contributed by atoms with Crippen molar-refractivity contribution in [3.05, 3.63) is 53.6 Å². The van der Waals surface area contributed by atoms with E-state index in [4.69, 9.17) is 11.6 Å². The molecule has 2 aromatic rings. The van der Waals surface area contributed by atoms with Crippen LogP contribution in [0.5, 0.6) is 0 Å². The smallest absolute Gasteiger partial charge is 0.285 e. The monoisotopic (exact) mass is 386 g/mol. The fraction of sp³-hybridized carbons (Fsp3) is 0.286. The molecule has 0 saturated heterocycles. The van der Waals surface area contributed by atoms with Crippen LogP contribution in [-0.2, 0) is 6.42 Å². The van der Waals surface area contributed by atoms with Gasteiger partial charge in [-0.25, -0.2) is 0 Å². The third-order valence-corrected chi connectivity index (χ3v) is 5.58. The van der Waals surface area contributed by atoms with E-state index in [-0.39, 0.29) is 16.7 Å². The number of nitrogens with one attached hydrogen (secondary N) is 1. The predicted molar refractivity (Wildman–Crippen MR) is 89.4 cm³/mol. The third-order valence-electron chi connectivity index (χ3n) is 3.57. The highest BCUT2D eigenvalue weighted by molar-refractivity contribution is 9.10. The molecule has 0 spiro atoms. The van der Waals surface area contributed by atoms with Gasteiger partial charge in [-0.1, -0.05) is 11.6 Å². The number of hydrogen-bond donors (Lipinski definition) is 1. The van der Waals surface area contributed by atoms with Crippen LogP contribution in [0.4, 0.5) is 11.4 Å². The van der Waals surface area contributed by atoms with E-state index < -0.39 is 0 Å². The fourth-order valence-electron chi connectivity index (χ4n) is 2.61. The van der Waals surface area contributed by atoms with E-state index in [2.05, 4.69) is 21.2 Å². The van der Waals surface area contributed by atoms with Crippen molar-refractivity contribution < 1.29 is 4.92 Å². The molecule has 3 rings (SSSR count). The van der Waals surface area contributed by atoms with Crippen molar-refractivity contribution in [2.24, 2.45) is 0 Å². The summed E-state index contributed by atoms with van der Waals surface area (Å²) in [7, 11) is 0. The molecule has 1 aromatic carbocycles. The van der Waals surface area contributed by atoms with Crippen molar-refractivity contribution in [1.29, 1.82) is 0 Å². The minimum Gasteiger partial charge on any atom is -0.378 e. The first kappa shape index (κ1) is 14.8. The van der Waals surface area contributed by atoms with Gasteiger partial charge in [-0.15, -0.1) is 11.3 Å². The Bertz CT molecular complexity index is 704. The number of halogens is 2. The lowest BCUT2D eigenvalue weighted by Gasteiger charge is -2.24. The van der Waals surface area contributed by atoms with E-state index in [9.17, 15) is 10.1 Å². The van der Waals surface area contributed by atoms with Crippen LogP contribution in [0.1, 0.15) is 29.3 Å². The number of aryl methyl sites for hydroxylation is 1. The molecule has 21 heavy (non-hydrogen) atoms. The minimum atomic E-state index is -0.386. The molecule has 0 saturated carbocycles. The molecule has 1 aromatic heterocycles. The fourth-order valence-corrected chi connectivity index (χ4v) is 4.39. The molecule has 0 radical (unpaired) electrons. The number of anilines is 1. The normalized spacial score (nSPS) is 17.3. The molecule has 1 heterocycles. The van der Waals surface area contributed by atoms with Crippen molar-refractivity contribution in [3.8, 4) is 0 Å². The molecule has 4 nitrogen and oxygen atoms in total. The van der Waals surface area contributed by atoms with Gasteiger partial charge < -0.3 is 5.32 Å². The number of nitro groups is 1. The highest BCUT2D eigenvalue weighted by Gasteiger charge is 2.23. The van der Waals surface area contributed by atoms with Crippen LogP contribution in [-0.4, -0.2) is 4.92 Å². The molecule has 1 atom stereocenters. The zero-order chi connectivity index (χ0) is 15.0. The number of fused-ring (bicyclic) bond motifs is 1. The van der Waals surface area contributed by atoms with Crippen LogP contribution in [0.25, 0.3) is 0 Å². The topological polar surface area (TPSA) is 55.2 Å². The van der Waals surface area contributed by atoms with Crippen LogP contribution in [0.15, 0.2) is 28.7 Å². The van der Waals surface area contributed by atoms with Gasteiger partial charge in [0, 0.05) is 16.6 Å². The summed E-state index contributed by atoms with van der Waals surface area (Å²) in [6, 6.07) is 7.28. The lowest BCUT2D eigenvalue weighted by Crippen LogP contribution is -2.15. The highest BCUT2D eigenvalue weighted by atomic mass is 79.9. The first-order chi connectivity index (χ1) is 10.0. The summed E-state index contributed by atoms with van der Waals surface area (Å²) in [6.07, 6.45) is 3.16. The first-order valence-electron chi connectivity index (χ1n) is 6.53. The number of hydrogen-bond acceptors (Lipinski definition) is 4. The molecule has 7 heteroatoms. The molecule has 0 aliphatic heterocycles. The summed E-state index contributed by atoms with van der Waals surface area (Å²) < 4.78 is 1.29. The minimum absolute atomic E-state index is 0.0689. The van der Waals surface area contributed by atoms with Crippen LogP contribution < -0.4 is 5.32 Å². The second-order valence-electron chi connectivity index (χ2n) is 4.94. The molecule has 0 amide bonds. The molecule has 1 unspecified atom stereocenters. The number of nitrogens with zero attached hydrogens (tertiary/aromatic N) is 1. The second kappa shape index (κ2) is 5.94. The predicted octanol–water partition coefficient (Wildman–Crippen LogP) is 5.56. The van der Waals surface area contributed by atoms with E-state index >= 15 is 0 Å². The third kappa shape index (κ3) is 3.07. The standard InChI is InChI=1S/C14H12BrClN2O2S/c15-10-5-4-8(6-12(10)18(19)20)17-11-2-1-3-13-9(11)7-14(16)21-13/h4-7,11,17H,1-3H2. The molecule has 0 fully saturated rings. The van der Waals surface area contributed by atoms with Gasteiger partial charge in [0.05, 0.1) is 19.8 Å². The maximum atomic E-state index is 11.0. The van der Waals surface area contributed by atoms with Gasteiger partial charge in [-0.3, -0.25) is 10.1 Å². The number of rotatable bonds is 3. The highest BCUT2D eigenvalue weighted by Crippen LogP contribution is 2.40. The Hall–Kier alpha value is -1.11. The Morgan fingerprint density at radius 1 is 1.43 bits per heavy atom. The summed E-state index contributed by atoms with van der Waals surface area (Å²) in [5.41, 5.74) is 2.05. The van der Waals surface area contributed by atoms with Crippen LogP contribution in [0, 0.1) is 10.1 Å². The molecule has 110 valence electrons. The van der Waals surface area contributed by atoms with Crippen molar-refractivity contribution >= 4 is 50.2 Å². The maximum absolute atomic E-state index is 11.0. The van der Waals surface area contributed by atoms with Crippen molar-refractivity contribution in [3.63, 3.8) is 0 Å². The quantitative estimate of drug-likeness (QED) is 0.554. The van der Waals surface area contributed by atoms with Gasteiger partial charge in [0.1, 0.15) is 0 Å². The zero-order valence-corrected chi connectivity index (χ0v) is 14.1. The van der Waals surface area contributed by atoms with Gasteiger partial charge in [-0.05, 0) is 59.0 Å². The SMILES string of the molecule is O=[N+]([O-])c1cc(NC2CCCc3sc(Cl)cc32)ccc1Br. The Morgan fingerprint density at radius 2 is 2.24 bits per heavy atom. The van der Waals surface area contributed by atoms with Gasteiger partial charge in [0.15, 0.2) is 0 Å². The lowest BCUT2D eigenvalue weighted by atomic mass is 9.94. The molecule has 1 aliphatic rings. The Kier molecular flexibility index (Phi) is 4.19. The first-order valence-corrected chi connectivity index (χ1v) is 8.52. The zero-order valence-electron chi connectivity index (χ0n) is 10.9. The largest absolute Gasteiger partial charge is 0.378 e. The summed E-state index contributed by atoms with van der Waals surface area (Å²) >= 11 is 10.9. The Balaban J connectivity index is 1.88. The van der Waals surface area contributed by atoms with Gasteiger partial charge in [-0.2, -0.15) is 0 Å². The van der Waals surface area contributed by atoms with Crippen molar-refractivity contribution in [1.82, 2.24) is 0 Å². The Labute approximate surface area is 139 Å². The van der Waals surface area contributed by atoms with Crippen LogP contribution in [0.2, 0.25) is 4.34 Å². The summed E-state index contributed by atoms with van der Waals surface area (Å²) in [6.45, 7) is 0.